The number of hydrogen-bond donors (Lipinski definition) is 0. The number of carbonyl (C=O) groups is 1. The topological polar surface area (TPSA) is 35.5 Å². The first-order valence-electron chi connectivity index (χ1n) is 5.40. The maximum Gasteiger partial charge on any atom is 0.303 e. The van der Waals surface area contributed by atoms with Crippen LogP contribution in [0, 0.1) is 0 Å². The van der Waals surface area contributed by atoms with Gasteiger partial charge in [-0.05, 0) is 39.7 Å². The van der Waals surface area contributed by atoms with Gasteiger partial charge in [-0.1, -0.05) is 6.08 Å². The van der Waals surface area contributed by atoms with Crippen molar-refractivity contribution in [2.24, 2.45) is 0 Å². The summed E-state index contributed by atoms with van der Waals surface area (Å²) < 4.78 is 10.9. The van der Waals surface area contributed by atoms with E-state index in [0.717, 1.165) is 12.8 Å². The summed E-state index contributed by atoms with van der Waals surface area (Å²) in [6.45, 7) is 7.56. The quantitative estimate of drug-likeness (QED) is 0.521. The van der Waals surface area contributed by atoms with Gasteiger partial charge in [-0.15, -0.1) is 0 Å². The Morgan fingerprint density at radius 3 is 2.13 bits per heavy atom. The van der Waals surface area contributed by atoms with Crippen molar-refractivity contribution in [3.63, 3.8) is 0 Å². The van der Waals surface area contributed by atoms with Gasteiger partial charge in [-0.3, -0.25) is 4.79 Å². The van der Waals surface area contributed by atoms with Crippen LogP contribution in [0.5, 0.6) is 0 Å². The first kappa shape index (κ1) is 12.2. The molecule has 0 saturated heterocycles. The minimum atomic E-state index is -0.222. The standard InChI is InChI=1S/C12H20O3/c1-9(13)14-10-5-7-11(8-6-10)15-12(2,3)4/h5,7,10-11H,6,8H2,1-4H3/t10-,11-/m0/s1. The van der Waals surface area contributed by atoms with Crippen molar-refractivity contribution in [3.05, 3.63) is 12.2 Å². The third-order valence-corrected chi connectivity index (χ3v) is 2.10. The highest BCUT2D eigenvalue weighted by molar-refractivity contribution is 5.66. The molecule has 0 heterocycles. The van der Waals surface area contributed by atoms with Crippen LogP contribution in [0.3, 0.4) is 0 Å². The molecule has 0 unspecified atom stereocenters. The molecular weight excluding hydrogens is 192 g/mol. The molecular formula is C12H20O3. The summed E-state index contributed by atoms with van der Waals surface area (Å²) in [4.78, 5) is 10.7. The van der Waals surface area contributed by atoms with E-state index in [2.05, 4.69) is 0 Å². The van der Waals surface area contributed by atoms with Crippen molar-refractivity contribution in [1.29, 1.82) is 0 Å². The second kappa shape index (κ2) is 4.79. The number of ether oxygens (including phenoxy) is 2. The molecule has 3 heteroatoms. The molecule has 0 saturated carbocycles. The molecule has 86 valence electrons. The van der Waals surface area contributed by atoms with E-state index in [4.69, 9.17) is 9.47 Å². The third kappa shape index (κ3) is 4.98. The van der Waals surface area contributed by atoms with E-state index in [1.54, 1.807) is 0 Å². The zero-order valence-corrected chi connectivity index (χ0v) is 9.95. The molecule has 1 aliphatic carbocycles. The van der Waals surface area contributed by atoms with Crippen LogP contribution in [0.4, 0.5) is 0 Å². The van der Waals surface area contributed by atoms with Crippen LogP contribution in [-0.4, -0.2) is 23.8 Å². The van der Waals surface area contributed by atoms with E-state index in [-0.39, 0.29) is 23.8 Å². The Bertz CT molecular complexity index is 250. The molecule has 15 heavy (non-hydrogen) atoms. The van der Waals surface area contributed by atoms with Gasteiger partial charge in [0.2, 0.25) is 0 Å². The highest BCUT2D eigenvalue weighted by Gasteiger charge is 2.22. The molecule has 0 aliphatic heterocycles. The lowest BCUT2D eigenvalue weighted by atomic mass is 10.0. The van der Waals surface area contributed by atoms with Crippen LogP contribution in [-0.2, 0) is 14.3 Å². The monoisotopic (exact) mass is 212 g/mol. The smallest absolute Gasteiger partial charge is 0.303 e. The Hall–Kier alpha value is -0.830. The maximum absolute atomic E-state index is 10.7. The summed E-state index contributed by atoms with van der Waals surface area (Å²) in [6.07, 6.45) is 5.74. The van der Waals surface area contributed by atoms with Crippen molar-refractivity contribution >= 4 is 5.97 Å². The van der Waals surface area contributed by atoms with E-state index in [1.165, 1.54) is 6.92 Å². The van der Waals surface area contributed by atoms with E-state index < -0.39 is 0 Å². The molecule has 0 aromatic rings. The SMILES string of the molecule is CC(=O)O[C@H]1C=C[C@H](OC(C)(C)C)CC1. The van der Waals surface area contributed by atoms with Crippen molar-refractivity contribution in [3.8, 4) is 0 Å². The number of rotatable bonds is 2. The lowest BCUT2D eigenvalue weighted by Crippen LogP contribution is -2.30. The molecule has 0 N–H and O–H groups in total. The zero-order valence-electron chi connectivity index (χ0n) is 9.95. The largest absolute Gasteiger partial charge is 0.458 e. The Morgan fingerprint density at radius 1 is 1.20 bits per heavy atom. The molecule has 0 amide bonds. The van der Waals surface area contributed by atoms with E-state index in [1.807, 2.05) is 32.9 Å². The minimum absolute atomic E-state index is 0.0673. The van der Waals surface area contributed by atoms with Gasteiger partial charge in [-0.2, -0.15) is 0 Å². The maximum atomic E-state index is 10.7. The fraction of sp³-hybridized carbons (Fsp3) is 0.750. The van der Waals surface area contributed by atoms with Gasteiger partial charge < -0.3 is 9.47 Å². The molecule has 2 atom stereocenters. The Morgan fingerprint density at radius 2 is 1.73 bits per heavy atom. The van der Waals surface area contributed by atoms with E-state index in [9.17, 15) is 4.79 Å². The van der Waals surface area contributed by atoms with Crippen molar-refractivity contribution < 1.29 is 14.3 Å². The van der Waals surface area contributed by atoms with Crippen LogP contribution in [0.2, 0.25) is 0 Å². The average Bonchev–Trinajstić information content (AvgIpc) is 2.05. The normalized spacial score (nSPS) is 26.4. The van der Waals surface area contributed by atoms with Gasteiger partial charge in [0.25, 0.3) is 0 Å². The van der Waals surface area contributed by atoms with Gasteiger partial charge in [0.05, 0.1) is 11.7 Å². The van der Waals surface area contributed by atoms with Crippen molar-refractivity contribution in [1.82, 2.24) is 0 Å². The summed E-state index contributed by atoms with van der Waals surface area (Å²) in [6, 6.07) is 0. The minimum Gasteiger partial charge on any atom is -0.458 e. The van der Waals surface area contributed by atoms with Crippen LogP contribution in [0.25, 0.3) is 0 Å². The molecule has 0 bridgehead atoms. The first-order chi connectivity index (χ1) is 6.87. The Balaban J connectivity index is 2.41. The summed E-state index contributed by atoms with van der Waals surface area (Å²) in [7, 11) is 0. The van der Waals surface area contributed by atoms with Crippen molar-refractivity contribution in [2.75, 3.05) is 0 Å². The molecule has 0 aromatic carbocycles. The van der Waals surface area contributed by atoms with Gasteiger partial charge in [0, 0.05) is 6.92 Å². The van der Waals surface area contributed by atoms with Gasteiger partial charge >= 0.3 is 5.97 Å². The molecule has 0 fully saturated rings. The number of esters is 1. The van der Waals surface area contributed by atoms with Crippen LogP contribution < -0.4 is 0 Å². The summed E-state index contributed by atoms with van der Waals surface area (Å²) in [5.74, 6) is -0.222. The lowest BCUT2D eigenvalue weighted by Gasteiger charge is -2.29. The van der Waals surface area contributed by atoms with Crippen LogP contribution in [0.1, 0.15) is 40.5 Å². The van der Waals surface area contributed by atoms with E-state index in [0.29, 0.717) is 0 Å². The molecule has 0 radical (unpaired) electrons. The van der Waals surface area contributed by atoms with Crippen LogP contribution >= 0.6 is 0 Å². The number of carbonyl (C=O) groups excluding carboxylic acids is 1. The number of hydrogen-bond acceptors (Lipinski definition) is 3. The fourth-order valence-corrected chi connectivity index (χ4v) is 1.63. The lowest BCUT2D eigenvalue weighted by molar-refractivity contribution is -0.145. The van der Waals surface area contributed by atoms with Gasteiger partial charge in [0.15, 0.2) is 0 Å². The predicted octanol–water partition coefficient (Wildman–Crippen LogP) is 2.45. The highest BCUT2D eigenvalue weighted by Crippen LogP contribution is 2.21. The molecule has 0 spiro atoms. The second-order valence-electron chi connectivity index (χ2n) is 4.88. The Kier molecular flexibility index (Phi) is 3.91. The molecule has 1 rings (SSSR count). The molecule has 1 aliphatic rings. The predicted molar refractivity (Wildman–Crippen MR) is 58.6 cm³/mol. The highest BCUT2D eigenvalue weighted by atomic mass is 16.5. The molecule has 0 aromatic heterocycles. The van der Waals surface area contributed by atoms with Gasteiger partial charge in [0.1, 0.15) is 6.10 Å². The second-order valence-corrected chi connectivity index (χ2v) is 4.88. The first-order valence-corrected chi connectivity index (χ1v) is 5.40. The average molecular weight is 212 g/mol. The van der Waals surface area contributed by atoms with Crippen LogP contribution in [0.15, 0.2) is 12.2 Å². The summed E-state index contributed by atoms with van der Waals surface area (Å²) >= 11 is 0. The van der Waals surface area contributed by atoms with Gasteiger partial charge in [-0.25, -0.2) is 0 Å². The summed E-state index contributed by atoms with van der Waals surface area (Å²) in [5.41, 5.74) is -0.122. The Labute approximate surface area is 91.4 Å². The third-order valence-electron chi connectivity index (χ3n) is 2.10. The fourth-order valence-electron chi connectivity index (χ4n) is 1.63. The molecule has 3 nitrogen and oxygen atoms in total. The van der Waals surface area contributed by atoms with Crippen molar-refractivity contribution in [2.45, 2.75) is 58.3 Å². The zero-order chi connectivity index (χ0) is 11.5. The van der Waals surface area contributed by atoms with E-state index >= 15 is 0 Å². The summed E-state index contributed by atoms with van der Waals surface area (Å²) in [5, 5.41) is 0.